The number of rotatable bonds is 7. The summed E-state index contributed by atoms with van der Waals surface area (Å²) in [5.74, 6) is 0.113. The normalized spacial score (nSPS) is 12.4. The van der Waals surface area contributed by atoms with Crippen LogP contribution in [0.5, 0.6) is 11.5 Å². The van der Waals surface area contributed by atoms with Gasteiger partial charge in [0.15, 0.2) is 6.10 Å². The molecule has 27 heavy (non-hydrogen) atoms. The Bertz CT molecular complexity index is 790. The average molecular weight is 381 g/mol. The lowest BCUT2D eigenvalue weighted by Crippen LogP contribution is -2.30. The quantitative estimate of drug-likeness (QED) is 0.716. The van der Waals surface area contributed by atoms with Crippen LogP contribution in [0.15, 0.2) is 42.5 Å². The van der Waals surface area contributed by atoms with Gasteiger partial charge in [-0.25, -0.2) is 0 Å². The van der Waals surface area contributed by atoms with Crippen molar-refractivity contribution in [2.24, 2.45) is 0 Å². The van der Waals surface area contributed by atoms with Gasteiger partial charge in [0.25, 0.3) is 5.91 Å². The maximum absolute atomic E-state index is 13.0. The second-order valence-corrected chi connectivity index (χ2v) is 6.12. The van der Waals surface area contributed by atoms with Crippen LogP contribution >= 0.6 is 0 Å². The Morgan fingerprint density at radius 3 is 2.56 bits per heavy atom. The van der Waals surface area contributed by atoms with Gasteiger partial charge >= 0.3 is 6.18 Å². The predicted octanol–water partition coefficient (Wildman–Crippen LogP) is 5.21. The molecule has 0 aliphatic rings. The van der Waals surface area contributed by atoms with E-state index in [-0.39, 0.29) is 11.4 Å². The summed E-state index contributed by atoms with van der Waals surface area (Å²) in [6, 6.07) is 10.1. The fraction of sp³-hybridized carbons (Fsp3) is 0.350. The zero-order valence-electron chi connectivity index (χ0n) is 15.4. The van der Waals surface area contributed by atoms with Crippen LogP contribution in [0.2, 0.25) is 0 Å². The lowest BCUT2D eigenvalue weighted by Gasteiger charge is -2.18. The van der Waals surface area contributed by atoms with E-state index in [1.54, 1.807) is 18.2 Å². The highest BCUT2D eigenvalue weighted by molar-refractivity contribution is 5.95. The largest absolute Gasteiger partial charge is 0.491 e. The van der Waals surface area contributed by atoms with E-state index in [2.05, 4.69) is 5.32 Å². The molecule has 1 amide bonds. The highest BCUT2D eigenvalue weighted by atomic mass is 19.4. The summed E-state index contributed by atoms with van der Waals surface area (Å²) < 4.78 is 50.0. The molecule has 0 aliphatic heterocycles. The van der Waals surface area contributed by atoms with Crippen molar-refractivity contribution in [3.05, 3.63) is 53.6 Å². The Hall–Kier alpha value is -2.70. The maximum atomic E-state index is 13.0. The van der Waals surface area contributed by atoms with Gasteiger partial charge in [0.2, 0.25) is 0 Å². The molecule has 2 rings (SSSR count). The van der Waals surface area contributed by atoms with Gasteiger partial charge in [-0.2, -0.15) is 13.2 Å². The smallest absolute Gasteiger partial charge is 0.416 e. The van der Waals surface area contributed by atoms with Crippen molar-refractivity contribution in [1.29, 1.82) is 0 Å². The molecule has 2 aromatic carbocycles. The van der Waals surface area contributed by atoms with Crippen molar-refractivity contribution in [3.63, 3.8) is 0 Å². The van der Waals surface area contributed by atoms with E-state index in [4.69, 9.17) is 9.47 Å². The molecule has 0 aromatic heterocycles. The SMILES string of the molecule is CCCOc1ccc(C(F)(F)F)cc1NC(=O)C(C)Oc1cccc(C)c1. The number of halogens is 3. The number of hydrogen-bond donors (Lipinski definition) is 1. The molecular weight excluding hydrogens is 359 g/mol. The highest BCUT2D eigenvalue weighted by Crippen LogP contribution is 2.35. The van der Waals surface area contributed by atoms with Crippen LogP contribution in [0.25, 0.3) is 0 Å². The Kier molecular flexibility index (Phi) is 6.71. The van der Waals surface area contributed by atoms with E-state index in [1.165, 1.54) is 13.0 Å². The van der Waals surface area contributed by atoms with Gasteiger partial charge in [0.1, 0.15) is 11.5 Å². The summed E-state index contributed by atoms with van der Waals surface area (Å²) in [7, 11) is 0. The van der Waals surface area contributed by atoms with E-state index in [0.717, 1.165) is 17.7 Å². The van der Waals surface area contributed by atoms with Crippen LogP contribution in [0.3, 0.4) is 0 Å². The monoisotopic (exact) mass is 381 g/mol. The van der Waals surface area contributed by atoms with E-state index in [9.17, 15) is 18.0 Å². The number of aryl methyl sites for hydroxylation is 1. The van der Waals surface area contributed by atoms with Crippen molar-refractivity contribution in [2.45, 2.75) is 39.5 Å². The first kappa shape index (κ1) is 20.6. The number of amides is 1. The number of nitrogens with one attached hydrogen (secondary N) is 1. The third-order valence-corrected chi connectivity index (χ3v) is 3.70. The van der Waals surface area contributed by atoms with E-state index < -0.39 is 23.8 Å². The minimum atomic E-state index is -4.52. The zero-order valence-corrected chi connectivity index (χ0v) is 15.4. The fourth-order valence-corrected chi connectivity index (χ4v) is 2.32. The van der Waals surface area contributed by atoms with Gasteiger partial charge in [0, 0.05) is 0 Å². The Labute approximate surface area is 156 Å². The van der Waals surface area contributed by atoms with Crippen LogP contribution < -0.4 is 14.8 Å². The first-order chi connectivity index (χ1) is 12.7. The molecule has 4 nitrogen and oxygen atoms in total. The van der Waals surface area contributed by atoms with Crippen LogP contribution in [0.1, 0.15) is 31.4 Å². The third-order valence-electron chi connectivity index (χ3n) is 3.70. The first-order valence-corrected chi connectivity index (χ1v) is 8.59. The number of anilines is 1. The highest BCUT2D eigenvalue weighted by Gasteiger charge is 2.31. The Morgan fingerprint density at radius 2 is 1.93 bits per heavy atom. The lowest BCUT2D eigenvalue weighted by molar-refractivity contribution is -0.137. The minimum absolute atomic E-state index is 0.0389. The van der Waals surface area contributed by atoms with Gasteiger partial charge in [-0.3, -0.25) is 4.79 Å². The summed E-state index contributed by atoms with van der Waals surface area (Å²) in [6.45, 7) is 5.61. The van der Waals surface area contributed by atoms with E-state index in [1.807, 2.05) is 19.9 Å². The van der Waals surface area contributed by atoms with Crippen LogP contribution in [-0.2, 0) is 11.0 Å². The molecule has 0 saturated heterocycles. The van der Waals surface area contributed by atoms with E-state index >= 15 is 0 Å². The van der Waals surface area contributed by atoms with Gasteiger partial charge in [-0.05, 0) is 56.2 Å². The van der Waals surface area contributed by atoms with Crippen LogP contribution in [0, 0.1) is 6.92 Å². The molecule has 1 atom stereocenters. The fourth-order valence-electron chi connectivity index (χ4n) is 2.32. The van der Waals surface area contributed by atoms with Gasteiger partial charge < -0.3 is 14.8 Å². The molecule has 1 unspecified atom stereocenters. The second kappa shape index (κ2) is 8.79. The molecule has 0 radical (unpaired) electrons. The molecule has 7 heteroatoms. The summed E-state index contributed by atoms with van der Waals surface area (Å²) in [4.78, 5) is 12.4. The van der Waals surface area contributed by atoms with Crippen molar-refractivity contribution in [2.75, 3.05) is 11.9 Å². The number of carbonyl (C=O) groups is 1. The van der Waals surface area contributed by atoms with Crippen molar-refractivity contribution in [1.82, 2.24) is 0 Å². The topological polar surface area (TPSA) is 47.6 Å². The predicted molar refractivity (Wildman–Crippen MR) is 97.1 cm³/mol. The molecule has 0 spiro atoms. The third kappa shape index (κ3) is 5.91. The van der Waals surface area contributed by atoms with Crippen LogP contribution in [-0.4, -0.2) is 18.6 Å². The number of alkyl halides is 3. The molecule has 0 fully saturated rings. The second-order valence-electron chi connectivity index (χ2n) is 6.12. The Balaban J connectivity index is 2.18. The number of hydrogen-bond acceptors (Lipinski definition) is 3. The number of carbonyl (C=O) groups excluding carboxylic acids is 1. The van der Waals surface area contributed by atoms with Crippen molar-refractivity contribution in [3.8, 4) is 11.5 Å². The summed E-state index contributed by atoms with van der Waals surface area (Å²) in [6.07, 6.45) is -4.74. The summed E-state index contributed by atoms with van der Waals surface area (Å²) in [5, 5.41) is 2.48. The lowest BCUT2D eigenvalue weighted by atomic mass is 10.1. The van der Waals surface area contributed by atoms with E-state index in [0.29, 0.717) is 18.8 Å². The van der Waals surface area contributed by atoms with Crippen molar-refractivity contribution >= 4 is 11.6 Å². The summed E-state index contributed by atoms with van der Waals surface area (Å²) >= 11 is 0. The minimum Gasteiger partial charge on any atom is -0.491 e. The molecule has 0 bridgehead atoms. The molecule has 2 aromatic rings. The van der Waals surface area contributed by atoms with Gasteiger partial charge in [-0.1, -0.05) is 19.1 Å². The molecule has 0 heterocycles. The molecule has 146 valence electrons. The molecule has 0 aliphatic carbocycles. The molecule has 0 saturated carbocycles. The maximum Gasteiger partial charge on any atom is 0.416 e. The number of ether oxygens (including phenoxy) is 2. The average Bonchev–Trinajstić information content (AvgIpc) is 2.59. The zero-order chi connectivity index (χ0) is 20.0. The van der Waals surface area contributed by atoms with Gasteiger partial charge in [-0.15, -0.1) is 0 Å². The Morgan fingerprint density at radius 1 is 1.19 bits per heavy atom. The summed E-state index contributed by atoms with van der Waals surface area (Å²) in [5.41, 5.74) is 0.0603. The molecular formula is C20H22F3NO3. The van der Waals surface area contributed by atoms with Gasteiger partial charge in [0.05, 0.1) is 17.9 Å². The molecule has 1 N–H and O–H groups in total. The van der Waals surface area contributed by atoms with Crippen LogP contribution in [0.4, 0.5) is 18.9 Å². The standard InChI is InChI=1S/C20H22F3NO3/c1-4-10-26-18-9-8-15(20(21,22)23)12-17(18)24-19(25)14(3)27-16-7-5-6-13(2)11-16/h5-9,11-12,14H,4,10H2,1-3H3,(H,24,25). The number of benzene rings is 2. The van der Waals surface area contributed by atoms with Crippen molar-refractivity contribution < 1.29 is 27.4 Å². The first-order valence-electron chi connectivity index (χ1n) is 8.59.